The van der Waals surface area contributed by atoms with Crippen molar-refractivity contribution >= 4 is 30.0 Å². The standard InChI is InChI=1S/C22H32N6O7/c23-21(24)26-8-14(19(32)17-7-16(31)9-25-17)6-15(10-29)27-20(33)18(11-30)28-22(34)35-12-13-4-2-1-3-5-13/h1-5,10,14-18,25,30-31H,6-9,11-12H2,(H,27,33)(H,28,34)(H4,23,24,26)/t14?,15-,16+,17-,18+/m0/s1. The fourth-order valence-electron chi connectivity index (χ4n) is 3.55. The molecule has 13 nitrogen and oxygen atoms in total. The maximum absolute atomic E-state index is 12.9. The van der Waals surface area contributed by atoms with E-state index >= 15 is 0 Å². The number of nitrogens with one attached hydrogen (secondary N) is 3. The summed E-state index contributed by atoms with van der Waals surface area (Å²) >= 11 is 0. The van der Waals surface area contributed by atoms with Crippen LogP contribution in [0.1, 0.15) is 18.4 Å². The van der Waals surface area contributed by atoms with Gasteiger partial charge in [0.25, 0.3) is 0 Å². The number of aldehydes is 1. The molecular weight excluding hydrogens is 460 g/mol. The van der Waals surface area contributed by atoms with Crippen LogP contribution in [-0.2, 0) is 25.7 Å². The van der Waals surface area contributed by atoms with E-state index in [1.165, 1.54) is 0 Å². The van der Waals surface area contributed by atoms with Crippen LogP contribution in [-0.4, -0.2) is 84.2 Å². The van der Waals surface area contributed by atoms with E-state index in [1.807, 2.05) is 6.07 Å². The largest absolute Gasteiger partial charge is 0.445 e. The molecule has 1 unspecified atom stereocenters. The summed E-state index contributed by atoms with van der Waals surface area (Å²) in [6, 6.07) is 5.69. The Morgan fingerprint density at radius 1 is 1.23 bits per heavy atom. The van der Waals surface area contributed by atoms with Crippen LogP contribution in [0.25, 0.3) is 0 Å². The number of ketones is 1. The fraction of sp³-hybridized carbons (Fsp3) is 0.500. The minimum absolute atomic E-state index is 0.0398. The van der Waals surface area contributed by atoms with Crippen LogP contribution in [0.2, 0.25) is 0 Å². The van der Waals surface area contributed by atoms with Gasteiger partial charge in [0, 0.05) is 12.5 Å². The second kappa shape index (κ2) is 14.0. The first-order chi connectivity index (χ1) is 16.7. The van der Waals surface area contributed by atoms with Crippen LogP contribution in [0.3, 0.4) is 0 Å². The van der Waals surface area contributed by atoms with Crippen LogP contribution in [0.5, 0.6) is 0 Å². The van der Waals surface area contributed by atoms with Crippen molar-refractivity contribution in [2.75, 3.05) is 19.7 Å². The highest BCUT2D eigenvalue weighted by Gasteiger charge is 2.34. The maximum atomic E-state index is 12.9. The van der Waals surface area contributed by atoms with Gasteiger partial charge in [-0.2, -0.15) is 0 Å². The van der Waals surface area contributed by atoms with Crippen molar-refractivity contribution in [2.45, 2.75) is 43.7 Å². The summed E-state index contributed by atoms with van der Waals surface area (Å²) in [6.45, 7) is -0.660. The first kappa shape index (κ1) is 27.7. The number of nitrogens with two attached hydrogens (primary N) is 2. The highest BCUT2D eigenvalue weighted by Crippen LogP contribution is 2.17. The van der Waals surface area contributed by atoms with Crippen molar-refractivity contribution in [1.29, 1.82) is 0 Å². The summed E-state index contributed by atoms with van der Waals surface area (Å²) in [4.78, 5) is 53.0. The molecule has 192 valence electrons. The van der Waals surface area contributed by atoms with Crippen LogP contribution in [0.15, 0.2) is 35.3 Å². The third-order valence-corrected chi connectivity index (χ3v) is 5.38. The van der Waals surface area contributed by atoms with E-state index in [0.717, 1.165) is 5.56 Å². The van der Waals surface area contributed by atoms with Crippen LogP contribution >= 0.6 is 0 Å². The Bertz CT molecular complexity index is 894. The van der Waals surface area contributed by atoms with Gasteiger partial charge in [-0.15, -0.1) is 0 Å². The van der Waals surface area contributed by atoms with E-state index in [4.69, 9.17) is 16.2 Å². The quantitative estimate of drug-likeness (QED) is 0.0874. The number of carbonyl (C=O) groups excluding carboxylic acids is 4. The van der Waals surface area contributed by atoms with Crippen molar-refractivity contribution in [3.8, 4) is 0 Å². The van der Waals surface area contributed by atoms with Crippen molar-refractivity contribution < 1.29 is 34.1 Å². The SMILES string of the molecule is NC(N)=NCC(C[C@@H](C=O)NC(=O)[C@@H](CO)NC(=O)OCc1ccccc1)C(=O)[C@@H]1C[C@@H](O)CN1. The Hall–Kier alpha value is -3.55. The van der Waals surface area contributed by atoms with Gasteiger partial charge in [0.1, 0.15) is 18.9 Å². The number of ether oxygens (including phenoxy) is 1. The Morgan fingerprint density at radius 3 is 2.51 bits per heavy atom. The third kappa shape index (κ3) is 9.31. The van der Waals surface area contributed by atoms with Gasteiger partial charge >= 0.3 is 6.09 Å². The number of aliphatic imine (C=N–C) groups is 1. The molecule has 0 radical (unpaired) electrons. The van der Waals surface area contributed by atoms with Crippen LogP contribution in [0.4, 0.5) is 4.79 Å². The number of amides is 2. The number of carbonyl (C=O) groups is 4. The third-order valence-electron chi connectivity index (χ3n) is 5.38. The molecule has 2 rings (SSSR count). The number of hydrogen-bond donors (Lipinski definition) is 7. The fourth-order valence-corrected chi connectivity index (χ4v) is 3.55. The molecule has 35 heavy (non-hydrogen) atoms. The Labute approximate surface area is 202 Å². The lowest BCUT2D eigenvalue weighted by atomic mass is 9.90. The summed E-state index contributed by atoms with van der Waals surface area (Å²) in [5.41, 5.74) is 11.5. The molecule has 1 aliphatic rings. The van der Waals surface area contributed by atoms with Gasteiger partial charge in [0.15, 0.2) is 11.7 Å². The van der Waals surface area contributed by atoms with E-state index in [1.54, 1.807) is 24.3 Å². The smallest absolute Gasteiger partial charge is 0.408 e. The zero-order valence-electron chi connectivity index (χ0n) is 19.1. The Kier molecular flexibility index (Phi) is 11.1. The van der Waals surface area contributed by atoms with E-state index in [-0.39, 0.29) is 44.3 Å². The molecule has 0 bridgehead atoms. The molecular formula is C22H32N6O7. The first-order valence-corrected chi connectivity index (χ1v) is 11.1. The zero-order chi connectivity index (χ0) is 25.8. The minimum Gasteiger partial charge on any atom is -0.445 e. The Morgan fingerprint density at radius 2 is 1.94 bits per heavy atom. The summed E-state index contributed by atoms with van der Waals surface area (Å²) in [7, 11) is 0. The average Bonchev–Trinajstić information content (AvgIpc) is 3.29. The van der Waals surface area contributed by atoms with Gasteiger partial charge in [0.2, 0.25) is 5.91 Å². The van der Waals surface area contributed by atoms with Crippen molar-refractivity contribution in [3.63, 3.8) is 0 Å². The number of benzene rings is 1. The Balaban J connectivity index is 1.96. The van der Waals surface area contributed by atoms with Crippen molar-refractivity contribution in [1.82, 2.24) is 16.0 Å². The predicted octanol–water partition coefficient (Wildman–Crippen LogP) is -2.47. The van der Waals surface area contributed by atoms with Crippen molar-refractivity contribution in [3.05, 3.63) is 35.9 Å². The van der Waals surface area contributed by atoms with Gasteiger partial charge in [-0.3, -0.25) is 14.6 Å². The lowest BCUT2D eigenvalue weighted by Gasteiger charge is -2.23. The number of aliphatic hydroxyl groups is 2. The summed E-state index contributed by atoms with van der Waals surface area (Å²) < 4.78 is 5.04. The van der Waals surface area contributed by atoms with Gasteiger partial charge in [-0.25, -0.2) is 4.79 Å². The molecule has 5 atom stereocenters. The highest BCUT2D eigenvalue weighted by molar-refractivity contribution is 5.89. The number of guanidine groups is 1. The van der Waals surface area contributed by atoms with E-state index in [0.29, 0.717) is 6.29 Å². The molecule has 1 heterocycles. The minimum atomic E-state index is -1.39. The molecule has 13 heteroatoms. The molecule has 2 amide bonds. The number of aliphatic hydroxyl groups excluding tert-OH is 2. The lowest BCUT2D eigenvalue weighted by Crippen LogP contribution is -2.52. The molecule has 9 N–H and O–H groups in total. The number of hydrogen-bond acceptors (Lipinski definition) is 9. The number of alkyl carbamates (subject to hydrolysis) is 1. The van der Waals surface area contributed by atoms with Crippen LogP contribution < -0.4 is 27.4 Å². The number of rotatable bonds is 13. The molecule has 1 aromatic rings. The van der Waals surface area contributed by atoms with Crippen molar-refractivity contribution in [2.24, 2.45) is 22.4 Å². The molecule has 1 saturated heterocycles. The highest BCUT2D eigenvalue weighted by atomic mass is 16.5. The second-order valence-corrected chi connectivity index (χ2v) is 8.14. The number of nitrogens with zero attached hydrogens (tertiary/aromatic N) is 1. The monoisotopic (exact) mass is 492 g/mol. The molecule has 0 aliphatic carbocycles. The molecule has 0 saturated carbocycles. The molecule has 0 aromatic heterocycles. The molecule has 1 fully saturated rings. The summed E-state index contributed by atoms with van der Waals surface area (Å²) in [5, 5.41) is 26.8. The number of Topliss-reactive ketones (excluding diaryl/α,β-unsaturated/α-hetero) is 1. The summed E-state index contributed by atoms with van der Waals surface area (Å²) in [5.74, 6) is -2.24. The van der Waals surface area contributed by atoms with Crippen LogP contribution in [0, 0.1) is 5.92 Å². The lowest BCUT2D eigenvalue weighted by molar-refractivity contribution is -0.128. The second-order valence-electron chi connectivity index (χ2n) is 8.14. The number of β-amino-alcohol motifs (C(OH)–C–C–N with tert-alkyl or cyclic N) is 1. The maximum Gasteiger partial charge on any atom is 0.408 e. The van der Waals surface area contributed by atoms with E-state index in [2.05, 4.69) is 20.9 Å². The van der Waals surface area contributed by atoms with Gasteiger partial charge in [0.05, 0.1) is 31.3 Å². The summed E-state index contributed by atoms with van der Waals surface area (Å²) in [6.07, 6.45) is -1.09. The van der Waals surface area contributed by atoms with Gasteiger partial charge in [-0.1, -0.05) is 30.3 Å². The van der Waals surface area contributed by atoms with E-state index < -0.39 is 48.8 Å². The zero-order valence-corrected chi connectivity index (χ0v) is 19.1. The first-order valence-electron chi connectivity index (χ1n) is 11.1. The van der Waals surface area contributed by atoms with Gasteiger partial charge < -0.3 is 47.2 Å². The predicted molar refractivity (Wildman–Crippen MR) is 125 cm³/mol. The molecule has 1 aliphatic heterocycles. The topological polar surface area (TPSA) is 218 Å². The average molecular weight is 493 g/mol. The van der Waals surface area contributed by atoms with E-state index in [9.17, 15) is 29.4 Å². The molecule has 0 spiro atoms. The molecule has 1 aromatic carbocycles. The normalized spacial score (nSPS) is 19.6. The van der Waals surface area contributed by atoms with Gasteiger partial charge in [-0.05, 0) is 18.4 Å².